The Morgan fingerprint density at radius 2 is 2.05 bits per heavy atom. The standard InChI is InChI=1S/C18H29NO2/c1-14-5-4-6-15(11-14)9-10-19-13-16-7-8-17(20-2)12-18(16)21-3/h7-8,12,14-15,19H,4-6,9-11,13H2,1-3H3. The fourth-order valence-corrected chi connectivity index (χ4v) is 3.35. The van der Waals surface area contributed by atoms with Crippen LogP contribution in [0.5, 0.6) is 11.5 Å². The van der Waals surface area contributed by atoms with E-state index in [-0.39, 0.29) is 0 Å². The van der Waals surface area contributed by atoms with Gasteiger partial charge in [0.15, 0.2) is 0 Å². The van der Waals surface area contributed by atoms with Gasteiger partial charge in [-0.05, 0) is 37.3 Å². The summed E-state index contributed by atoms with van der Waals surface area (Å²) in [7, 11) is 3.39. The van der Waals surface area contributed by atoms with Crippen molar-refractivity contribution in [3.63, 3.8) is 0 Å². The predicted molar refractivity (Wildman–Crippen MR) is 87.0 cm³/mol. The summed E-state index contributed by atoms with van der Waals surface area (Å²) in [5, 5.41) is 3.56. The van der Waals surface area contributed by atoms with Crippen molar-refractivity contribution in [3.05, 3.63) is 23.8 Å². The summed E-state index contributed by atoms with van der Waals surface area (Å²) in [5.41, 5.74) is 1.19. The molecule has 3 heteroatoms. The van der Waals surface area contributed by atoms with Crippen LogP contribution in [0.2, 0.25) is 0 Å². The second-order valence-electron chi connectivity index (χ2n) is 6.28. The van der Waals surface area contributed by atoms with E-state index >= 15 is 0 Å². The molecule has 1 aromatic carbocycles. The normalized spacial score (nSPS) is 22.0. The van der Waals surface area contributed by atoms with Gasteiger partial charge in [0.05, 0.1) is 14.2 Å². The van der Waals surface area contributed by atoms with E-state index in [4.69, 9.17) is 9.47 Å². The minimum atomic E-state index is 0.840. The quantitative estimate of drug-likeness (QED) is 0.770. The fraction of sp³-hybridized carbons (Fsp3) is 0.667. The number of rotatable bonds is 7. The lowest BCUT2D eigenvalue weighted by atomic mass is 9.81. The van der Waals surface area contributed by atoms with Gasteiger partial charge in [0.1, 0.15) is 11.5 Å². The van der Waals surface area contributed by atoms with E-state index in [1.54, 1.807) is 14.2 Å². The molecule has 1 saturated carbocycles. The first-order valence-corrected chi connectivity index (χ1v) is 8.14. The highest BCUT2D eigenvalue weighted by Gasteiger charge is 2.18. The van der Waals surface area contributed by atoms with Gasteiger partial charge in [0.25, 0.3) is 0 Å². The SMILES string of the molecule is COc1ccc(CNCCC2CCCC(C)C2)c(OC)c1. The van der Waals surface area contributed by atoms with Crippen LogP contribution < -0.4 is 14.8 Å². The minimum Gasteiger partial charge on any atom is -0.497 e. The molecule has 2 rings (SSSR count). The van der Waals surface area contributed by atoms with E-state index in [2.05, 4.69) is 18.3 Å². The lowest BCUT2D eigenvalue weighted by Gasteiger charge is -2.26. The molecule has 1 aromatic rings. The number of nitrogens with one attached hydrogen (secondary N) is 1. The zero-order chi connectivity index (χ0) is 15.1. The second kappa shape index (κ2) is 8.28. The van der Waals surface area contributed by atoms with Crippen molar-refractivity contribution in [2.45, 2.75) is 45.6 Å². The van der Waals surface area contributed by atoms with Gasteiger partial charge in [-0.2, -0.15) is 0 Å². The number of methoxy groups -OCH3 is 2. The van der Waals surface area contributed by atoms with E-state index in [9.17, 15) is 0 Å². The maximum atomic E-state index is 5.43. The lowest BCUT2D eigenvalue weighted by molar-refractivity contribution is 0.267. The largest absolute Gasteiger partial charge is 0.497 e. The van der Waals surface area contributed by atoms with Crippen LogP contribution in [0.4, 0.5) is 0 Å². The lowest BCUT2D eigenvalue weighted by Crippen LogP contribution is -2.21. The first-order valence-electron chi connectivity index (χ1n) is 8.14. The minimum absolute atomic E-state index is 0.840. The molecule has 0 saturated heterocycles. The predicted octanol–water partition coefficient (Wildman–Crippen LogP) is 4.01. The van der Waals surface area contributed by atoms with Gasteiger partial charge in [0, 0.05) is 18.2 Å². The number of benzene rings is 1. The molecule has 118 valence electrons. The molecule has 0 bridgehead atoms. The van der Waals surface area contributed by atoms with Gasteiger partial charge in [-0.3, -0.25) is 0 Å². The summed E-state index contributed by atoms with van der Waals surface area (Å²) in [6, 6.07) is 6.01. The van der Waals surface area contributed by atoms with Crippen LogP contribution in [0.25, 0.3) is 0 Å². The molecule has 0 aromatic heterocycles. The van der Waals surface area contributed by atoms with Gasteiger partial charge in [-0.15, -0.1) is 0 Å². The second-order valence-corrected chi connectivity index (χ2v) is 6.28. The summed E-state index contributed by atoms with van der Waals surface area (Å²) in [5.74, 6) is 3.57. The van der Waals surface area contributed by atoms with Crippen molar-refractivity contribution in [2.24, 2.45) is 11.8 Å². The van der Waals surface area contributed by atoms with E-state index in [1.807, 2.05) is 12.1 Å². The number of hydrogen-bond acceptors (Lipinski definition) is 3. The molecule has 2 unspecified atom stereocenters. The van der Waals surface area contributed by atoms with Gasteiger partial charge >= 0.3 is 0 Å². The number of ether oxygens (including phenoxy) is 2. The summed E-state index contributed by atoms with van der Waals surface area (Å²) < 4.78 is 10.7. The average Bonchev–Trinajstić information content (AvgIpc) is 2.51. The maximum absolute atomic E-state index is 5.43. The molecule has 1 aliphatic carbocycles. The van der Waals surface area contributed by atoms with Crippen molar-refractivity contribution >= 4 is 0 Å². The highest BCUT2D eigenvalue weighted by Crippen LogP contribution is 2.30. The van der Waals surface area contributed by atoms with Crippen LogP contribution in [0, 0.1) is 11.8 Å². The van der Waals surface area contributed by atoms with Crippen molar-refractivity contribution < 1.29 is 9.47 Å². The first-order chi connectivity index (χ1) is 10.2. The van der Waals surface area contributed by atoms with Gasteiger partial charge < -0.3 is 14.8 Å². The summed E-state index contributed by atoms with van der Waals surface area (Å²) in [6.07, 6.45) is 6.96. The van der Waals surface area contributed by atoms with Gasteiger partial charge in [-0.1, -0.05) is 32.3 Å². The Kier molecular flexibility index (Phi) is 6.37. The Morgan fingerprint density at radius 3 is 2.76 bits per heavy atom. The first kappa shape index (κ1) is 16.2. The molecular formula is C18H29NO2. The molecule has 0 radical (unpaired) electrons. The smallest absolute Gasteiger partial charge is 0.127 e. The van der Waals surface area contributed by atoms with Gasteiger partial charge in [-0.25, -0.2) is 0 Å². The van der Waals surface area contributed by atoms with E-state index < -0.39 is 0 Å². The molecular weight excluding hydrogens is 262 g/mol. The highest BCUT2D eigenvalue weighted by atomic mass is 16.5. The Morgan fingerprint density at radius 1 is 1.19 bits per heavy atom. The monoisotopic (exact) mass is 291 g/mol. The Hall–Kier alpha value is -1.22. The molecule has 0 amide bonds. The third-order valence-electron chi connectivity index (χ3n) is 4.58. The van der Waals surface area contributed by atoms with Crippen LogP contribution in [0.15, 0.2) is 18.2 Å². The van der Waals surface area contributed by atoms with E-state index in [1.165, 1.54) is 37.7 Å². The molecule has 0 aliphatic heterocycles. The third kappa shape index (κ3) is 4.92. The molecule has 0 spiro atoms. The van der Waals surface area contributed by atoms with Crippen LogP contribution in [-0.2, 0) is 6.54 Å². The molecule has 2 atom stereocenters. The van der Waals surface area contributed by atoms with Crippen LogP contribution >= 0.6 is 0 Å². The van der Waals surface area contributed by atoms with Gasteiger partial charge in [0.2, 0.25) is 0 Å². The zero-order valence-electron chi connectivity index (χ0n) is 13.7. The van der Waals surface area contributed by atoms with Crippen molar-refractivity contribution in [1.82, 2.24) is 5.32 Å². The highest BCUT2D eigenvalue weighted by molar-refractivity contribution is 5.40. The topological polar surface area (TPSA) is 30.5 Å². The van der Waals surface area contributed by atoms with Crippen LogP contribution in [-0.4, -0.2) is 20.8 Å². The Labute approximate surface area is 129 Å². The third-order valence-corrected chi connectivity index (χ3v) is 4.58. The van der Waals surface area contributed by atoms with Crippen molar-refractivity contribution in [3.8, 4) is 11.5 Å². The average molecular weight is 291 g/mol. The molecule has 21 heavy (non-hydrogen) atoms. The molecule has 1 fully saturated rings. The summed E-state index contributed by atoms with van der Waals surface area (Å²) >= 11 is 0. The molecule has 1 N–H and O–H groups in total. The van der Waals surface area contributed by atoms with Crippen molar-refractivity contribution in [2.75, 3.05) is 20.8 Å². The molecule has 0 heterocycles. The number of hydrogen-bond donors (Lipinski definition) is 1. The van der Waals surface area contributed by atoms with Crippen molar-refractivity contribution in [1.29, 1.82) is 0 Å². The molecule has 3 nitrogen and oxygen atoms in total. The van der Waals surface area contributed by atoms with E-state index in [0.717, 1.165) is 36.4 Å². The maximum Gasteiger partial charge on any atom is 0.127 e. The molecule has 1 aliphatic rings. The fourth-order valence-electron chi connectivity index (χ4n) is 3.35. The zero-order valence-corrected chi connectivity index (χ0v) is 13.7. The summed E-state index contributed by atoms with van der Waals surface area (Å²) in [6.45, 7) is 4.34. The van der Waals surface area contributed by atoms with Crippen LogP contribution in [0.1, 0.15) is 44.6 Å². The summed E-state index contributed by atoms with van der Waals surface area (Å²) in [4.78, 5) is 0. The Balaban J connectivity index is 1.75. The van der Waals surface area contributed by atoms with E-state index in [0.29, 0.717) is 0 Å². The Bertz CT molecular complexity index is 433. The van der Waals surface area contributed by atoms with Crippen LogP contribution in [0.3, 0.4) is 0 Å².